The van der Waals surface area contributed by atoms with Crippen LogP contribution in [0.25, 0.3) is 22.4 Å². The highest BCUT2D eigenvalue weighted by atomic mass is 35.5. The average Bonchev–Trinajstić information content (AvgIpc) is 2.51. The fraction of sp³-hybridized carbons (Fsp3) is 0. The summed E-state index contributed by atoms with van der Waals surface area (Å²) in [4.78, 5) is 12.5. The second kappa shape index (κ2) is 5.38. The fourth-order valence-electron chi connectivity index (χ4n) is 2.02. The van der Waals surface area contributed by atoms with E-state index in [2.05, 4.69) is 15.0 Å². The molecule has 0 amide bonds. The molecule has 4 N–H and O–H groups in total. The largest absolute Gasteiger partial charge is 0.397 e. The van der Waals surface area contributed by atoms with E-state index in [0.29, 0.717) is 22.1 Å². The molecule has 3 heterocycles. The van der Waals surface area contributed by atoms with Crippen molar-refractivity contribution in [2.45, 2.75) is 0 Å². The molecule has 0 atom stereocenters. The average molecular weight is 298 g/mol. The van der Waals surface area contributed by atoms with Crippen molar-refractivity contribution < 1.29 is 0 Å². The molecular formula is C15H12ClN5. The molecule has 0 unspecified atom stereocenters. The highest BCUT2D eigenvalue weighted by Crippen LogP contribution is 2.34. The van der Waals surface area contributed by atoms with Crippen molar-refractivity contribution in [3.63, 3.8) is 0 Å². The van der Waals surface area contributed by atoms with Gasteiger partial charge >= 0.3 is 0 Å². The quantitative estimate of drug-likeness (QED) is 0.758. The Bertz CT molecular complexity index is 789. The van der Waals surface area contributed by atoms with E-state index in [4.69, 9.17) is 23.1 Å². The van der Waals surface area contributed by atoms with Gasteiger partial charge in [0, 0.05) is 35.3 Å². The molecule has 3 aromatic rings. The predicted octanol–water partition coefficient (Wildman–Crippen LogP) is 3.02. The molecule has 0 spiro atoms. The Morgan fingerprint density at radius 2 is 1.81 bits per heavy atom. The van der Waals surface area contributed by atoms with Crippen LogP contribution in [0.3, 0.4) is 0 Å². The Morgan fingerprint density at radius 1 is 0.952 bits per heavy atom. The molecule has 104 valence electrons. The van der Waals surface area contributed by atoms with Gasteiger partial charge in [-0.15, -0.1) is 0 Å². The molecular weight excluding hydrogens is 286 g/mol. The van der Waals surface area contributed by atoms with Gasteiger partial charge in [0.15, 0.2) is 0 Å². The van der Waals surface area contributed by atoms with E-state index in [-0.39, 0.29) is 0 Å². The summed E-state index contributed by atoms with van der Waals surface area (Å²) in [5, 5.41) is 0.488. The van der Waals surface area contributed by atoms with Gasteiger partial charge in [-0.05, 0) is 24.3 Å². The van der Waals surface area contributed by atoms with E-state index in [9.17, 15) is 0 Å². The monoisotopic (exact) mass is 297 g/mol. The van der Waals surface area contributed by atoms with E-state index >= 15 is 0 Å². The number of rotatable bonds is 2. The van der Waals surface area contributed by atoms with Gasteiger partial charge in [-0.25, -0.2) is 4.98 Å². The highest BCUT2D eigenvalue weighted by Gasteiger charge is 2.11. The van der Waals surface area contributed by atoms with Gasteiger partial charge < -0.3 is 11.5 Å². The van der Waals surface area contributed by atoms with Crippen LogP contribution in [0.5, 0.6) is 0 Å². The van der Waals surface area contributed by atoms with Gasteiger partial charge in [-0.2, -0.15) is 0 Å². The molecule has 0 saturated carbocycles. The summed E-state index contributed by atoms with van der Waals surface area (Å²) >= 11 is 6.24. The molecule has 0 fully saturated rings. The number of pyridine rings is 3. The first-order valence-electron chi connectivity index (χ1n) is 6.22. The first-order chi connectivity index (χ1) is 10.1. The zero-order valence-electron chi connectivity index (χ0n) is 11.0. The Morgan fingerprint density at radius 3 is 2.57 bits per heavy atom. The van der Waals surface area contributed by atoms with Crippen molar-refractivity contribution in [2.75, 3.05) is 11.5 Å². The van der Waals surface area contributed by atoms with Crippen molar-refractivity contribution >= 4 is 23.1 Å². The predicted molar refractivity (Wildman–Crippen MR) is 84.5 cm³/mol. The van der Waals surface area contributed by atoms with Crippen LogP contribution in [0.2, 0.25) is 5.02 Å². The lowest BCUT2D eigenvalue weighted by molar-refractivity contribution is 1.27. The van der Waals surface area contributed by atoms with Crippen molar-refractivity contribution in [3.8, 4) is 22.4 Å². The second-order valence-corrected chi connectivity index (χ2v) is 4.90. The molecule has 3 aromatic heterocycles. The molecule has 0 aliphatic carbocycles. The van der Waals surface area contributed by atoms with Gasteiger partial charge in [-0.3, -0.25) is 9.97 Å². The molecule has 0 aliphatic rings. The third-order valence-corrected chi connectivity index (χ3v) is 3.34. The Balaban J connectivity index is 2.17. The zero-order valence-corrected chi connectivity index (χ0v) is 11.7. The van der Waals surface area contributed by atoms with Crippen LogP contribution >= 0.6 is 11.6 Å². The van der Waals surface area contributed by atoms with E-state index in [1.54, 1.807) is 24.7 Å². The van der Waals surface area contributed by atoms with Crippen molar-refractivity contribution in [1.82, 2.24) is 15.0 Å². The molecule has 0 radical (unpaired) electrons. The minimum absolute atomic E-state index is 0.370. The third kappa shape index (κ3) is 2.64. The fourth-order valence-corrected chi connectivity index (χ4v) is 2.23. The van der Waals surface area contributed by atoms with Crippen LogP contribution in [-0.2, 0) is 0 Å². The number of hydrogen-bond donors (Lipinski definition) is 2. The first-order valence-corrected chi connectivity index (χ1v) is 6.60. The van der Waals surface area contributed by atoms with Crippen LogP contribution in [0.1, 0.15) is 0 Å². The maximum Gasteiger partial charge on any atom is 0.131 e. The molecule has 5 nitrogen and oxygen atoms in total. The van der Waals surface area contributed by atoms with Crippen molar-refractivity contribution in [3.05, 3.63) is 54.1 Å². The van der Waals surface area contributed by atoms with Gasteiger partial charge in [0.05, 0.1) is 22.6 Å². The summed E-state index contributed by atoms with van der Waals surface area (Å²) in [6, 6.07) is 7.37. The normalized spacial score (nSPS) is 10.5. The maximum atomic E-state index is 6.24. The standard InChI is InChI=1S/C15H12ClN5/c16-13-8-20-14(9-2-1-3-19-6-9)5-11(13)12-4-10(17)7-21-15(12)18/h1-8H,17H2,(H2,18,21). The summed E-state index contributed by atoms with van der Waals surface area (Å²) in [6.07, 6.45) is 6.54. The molecule has 3 rings (SSSR count). The number of nitrogens with zero attached hydrogens (tertiary/aromatic N) is 3. The summed E-state index contributed by atoms with van der Waals surface area (Å²) in [5.74, 6) is 0.370. The number of aromatic nitrogens is 3. The highest BCUT2D eigenvalue weighted by molar-refractivity contribution is 6.33. The van der Waals surface area contributed by atoms with Gasteiger partial charge in [0.1, 0.15) is 5.82 Å². The summed E-state index contributed by atoms with van der Waals surface area (Å²) < 4.78 is 0. The van der Waals surface area contributed by atoms with E-state index in [1.165, 1.54) is 6.20 Å². The summed E-state index contributed by atoms with van der Waals surface area (Å²) in [7, 11) is 0. The van der Waals surface area contributed by atoms with Crippen LogP contribution in [0.4, 0.5) is 11.5 Å². The second-order valence-electron chi connectivity index (χ2n) is 4.49. The Hall–Kier alpha value is -2.66. The van der Waals surface area contributed by atoms with Gasteiger partial charge in [-0.1, -0.05) is 11.6 Å². The first kappa shape index (κ1) is 13.3. The van der Waals surface area contributed by atoms with Gasteiger partial charge in [0.2, 0.25) is 0 Å². The number of nitrogens with two attached hydrogens (primary N) is 2. The molecule has 0 bridgehead atoms. The lowest BCUT2D eigenvalue weighted by Crippen LogP contribution is -1.97. The van der Waals surface area contributed by atoms with E-state index in [0.717, 1.165) is 16.8 Å². The minimum Gasteiger partial charge on any atom is -0.397 e. The van der Waals surface area contributed by atoms with E-state index in [1.807, 2.05) is 18.2 Å². The Kier molecular flexibility index (Phi) is 3.41. The van der Waals surface area contributed by atoms with Crippen molar-refractivity contribution in [2.24, 2.45) is 0 Å². The third-order valence-electron chi connectivity index (χ3n) is 3.04. The minimum atomic E-state index is 0.370. The number of hydrogen-bond acceptors (Lipinski definition) is 5. The molecule has 0 aliphatic heterocycles. The van der Waals surface area contributed by atoms with Gasteiger partial charge in [0.25, 0.3) is 0 Å². The Labute approximate surface area is 126 Å². The molecule has 21 heavy (non-hydrogen) atoms. The number of nitrogen functional groups attached to an aromatic ring is 2. The van der Waals surface area contributed by atoms with E-state index < -0.39 is 0 Å². The molecule has 0 aromatic carbocycles. The van der Waals surface area contributed by atoms with Crippen LogP contribution in [0.15, 0.2) is 49.1 Å². The lowest BCUT2D eigenvalue weighted by atomic mass is 10.0. The zero-order chi connectivity index (χ0) is 14.8. The number of halogens is 1. The molecule has 0 saturated heterocycles. The summed E-state index contributed by atoms with van der Waals surface area (Å²) in [6.45, 7) is 0. The molecule has 6 heteroatoms. The smallest absolute Gasteiger partial charge is 0.131 e. The van der Waals surface area contributed by atoms with Crippen LogP contribution in [-0.4, -0.2) is 15.0 Å². The maximum absolute atomic E-state index is 6.24. The van der Waals surface area contributed by atoms with Crippen LogP contribution in [0, 0.1) is 0 Å². The lowest BCUT2D eigenvalue weighted by Gasteiger charge is -2.10. The summed E-state index contributed by atoms with van der Waals surface area (Å²) in [5.41, 5.74) is 15.3. The number of anilines is 2. The topological polar surface area (TPSA) is 90.7 Å². The SMILES string of the molecule is Nc1cnc(N)c(-c2cc(-c3cccnc3)ncc2Cl)c1. The van der Waals surface area contributed by atoms with Crippen molar-refractivity contribution in [1.29, 1.82) is 0 Å². The van der Waals surface area contributed by atoms with Crippen LogP contribution < -0.4 is 11.5 Å².